The van der Waals surface area contributed by atoms with Crippen LogP contribution in [0, 0.1) is 6.92 Å². The van der Waals surface area contributed by atoms with Crippen molar-refractivity contribution >= 4 is 16.3 Å². The molecule has 86 valence electrons. The molecule has 2 aromatic heterocycles. The fourth-order valence-electron chi connectivity index (χ4n) is 2.16. The van der Waals surface area contributed by atoms with Crippen LogP contribution in [0.25, 0.3) is 4.96 Å². The number of nitrogens with zero attached hydrogens (tertiary/aromatic N) is 3. The third-order valence-corrected chi connectivity index (χ3v) is 4.32. The molecule has 0 radical (unpaired) electrons. The Bertz CT molecular complexity index is 481. The summed E-state index contributed by atoms with van der Waals surface area (Å²) in [5.41, 5.74) is 1.34. The topological polar surface area (TPSA) is 32.6 Å². The number of fused-ring (bicyclic) bond motifs is 1. The Balaban J connectivity index is 1.82. The number of thiazole rings is 1. The van der Waals surface area contributed by atoms with E-state index in [1.807, 2.05) is 23.7 Å². The van der Waals surface area contributed by atoms with Crippen LogP contribution in [-0.2, 0) is 6.54 Å². The van der Waals surface area contributed by atoms with Crippen LogP contribution in [0.3, 0.4) is 0 Å². The summed E-state index contributed by atoms with van der Waals surface area (Å²) in [4.78, 5) is 9.42. The van der Waals surface area contributed by atoms with E-state index in [0.29, 0.717) is 0 Å². The Hall–Kier alpha value is -0.910. The molecule has 0 bridgehead atoms. The molecule has 0 aromatic carbocycles. The zero-order valence-electron chi connectivity index (χ0n) is 9.44. The van der Waals surface area contributed by atoms with Crippen LogP contribution in [0.1, 0.15) is 10.6 Å². The molecule has 0 atom stereocenters. The fourth-order valence-corrected chi connectivity index (χ4v) is 3.28. The monoisotopic (exact) mass is 236 g/mol. The van der Waals surface area contributed by atoms with Gasteiger partial charge in [0.25, 0.3) is 0 Å². The van der Waals surface area contributed by atoms with Crippen molar-refractivity contribution in [3.63, 3.8) is 0 Å². The summed E-state index contributed by atoms with van der Waals surface area (Å²) in [6.07, 6.45) is 3.91. The largest absolute Gasteiger partial charge is 0.314 e. The number of hydrogen-bond acceptors (Lipinski definition) is 4. The zero-order valence-corrected chi connectivity index (χ0v) is 10.3. The zero-order chi connectivity index (χ0) is 11.0. The lowest BCUT2D eigenvalue weighted by Gasteiger charge is -2.26. The minimum Gasteiger partial charge on any atom is -0.314 e. The molecular weight excluding hydrogens is 220 g/mol. The maximum Gasteiger partial charge on any atom is 0.194 e. The average molecular weight is 236 g/mol. The van der Waals surface area contributed by atoms with E-state index in [1.165, 1.54) is 10.6 Å². The SMILES string of the molecule is Cc1c(CN2CCNCC2)sc2nccn12. The lowest BCUT2D eigenvalue weighted by atomic mass is 10.3. The van der Waals surface area contributed by atoms with Gasteiger partial charge in [0.15, 0.2) is 4.96 Å². The van der Waals surface area contributed by atoms with Crippen LogP contribution < -0.4 is 5.32 Å². The molecule has 16 heavy (non-hydrogen) atoms. The van der Waals surface area contributed by atoms with E-state index in [1.54, 1.807) is 0 Å². The molecule has 0 unspecified atom stereocenters. The molecule has 1 N–H and O–H groups in total. The first-order valence-corrected chi connectivity index (χ1v) is 6.50. The van der Waals surface area contributed by atoms with Gasteiger partial charge in [0.1, 0.15) is 0 Å². The van der Waals surface area contributed by atoms with E-state index in [9.17, 15) is 0 Å². The highest BCUT2D eigenvalue weighted by atomic mass is 32.1. The quantitative estimate of drug-likeness (QED) is 0.848. The van der Waals surface area contributed by atoms with Gasteiger partial charge in [-0.25, -0.2) is 4.98 Å². The van der Waals surface area contributed by atoms with Gasteiger partial charge in [0, 0.05) is 55.7 Å². The maximum absolute atomic E-state index is 4.34. The lowest BCUT2D eigenvalue weighted by Crippen LogP contribution is -2.42. The molecular formula is C11H16N4S. The van der Waals surface area contributed by atoms with E-state index in [0.717, 1.165) is 37.7 Å². The summed E-state index contributed by atoms with van der Waals surface area (Å²) in [7, 11) is 0. The number of aryl methyl sites for hydroxylation is 1. The molecule has 0 saturated carbocycles. The van der Waals surface area contributed by atoms with Gasteiger partial charge in [-0.2, -0.15) is 0 Å². The molecule has 3 heterocycles. The first-order valence-electron chi connectivity index (χ1n) is 5.69. The first kappa shape index (κ1) is 10.3. The van der Waals surface area contributed by atoms with Crippen molar-refractivity contribution in [2.45, 2.75) is 13.5 Å². The molecule has 5 heteroatoms. The van der Waals surface area contributed by atoms with Crippen LogP contribution in [-0.4, -0.2) is 40.5 Å². The molecule has 3 rings (SSSR count). The number of nitrogens with one attached hydrogen (secondary N) is 1. The highest BCUT2D eigenvalue weighted by Gasteiger charge is 2.14. The molecule has 1 fully saturated rings. The Kier molecular flexibility index (Phi) is 2.67. The van der Waals surface area contributed by atoms with E-state index < -0.39 is 0 Å². The maximum atomic E-state index is 4.34. The molecule has 1 aliphatic heterocycles. The smallest absolute Gasteiger partial charge is 0.194 e. The fraction of sp³-hybridized carbons (Fsp3) is 0.545. The van der Waals surface area contributed by atoms with E-state index >= 15 is 0 Å². The molecule has 0 amide bonds. The van der Waals surface area contributed by atoms with E-state index in [2.05, 4.69) is 26.5 Å². The normalized spacial score (nSPS) is 18.3. The highest BCUT2D eigenvalue weighted by molar-refractivity contribution is 7.17. The predicted molar refractivity (Wildman–Crippen MR) is 66.0 cm³/mol. The van der Waals surface area contributed by atoms with Crippen LogP contribution >= 0.6 is 11.3 Å². The number of hydrogen-bond donors (Lipinski definition) is 1. The number of piperazine rings is 1. The van der Waals surface area contributed by atoms with Gasteiger partial charge in [0.05, 0.1) is 0 Å². The number of aromatic nitrogens is 2. The molecule has 1 saturated heterocycles. The summed E-state index contributed by atoms with van der Waals surface area (Å²) in [5.74, 6) is 0. The summed E-state index contributed by atoms with van der Waals surface area (Å²) in [6, 6.07) is 0. The third-order valence-electron chi connectivity index (χ3n) is 3.16. The van der Waals surface area contributed by atoms with Crippen molar-refractivity contribution in [3.05, 3.63) is 23.0 Å². The lowest BCUT2D eigenvalue weighted by molar-refractivity contribution is 0.234. The predicted octanol–water partition coefficient (Wildman–Crippen LogP) is 1.11. The van der Waals surface area contributed by atoms with E-state index in [4.69, 9.17) is 0 Å². The standard InChI is InChI=1S/C11H16N4S/c1-9-10(8-14-5-2-12-3-6-14)16-11-13-4-7-15(9)11/h4,7,12H,2-3,5-6,8H2,1H3. The second-order valence-corrected chi connectivity index (χ2v) is 5.28. The Morgan fingerprint density at radius 1 is 1.44 bits per heavy atom. The summed E-state index contributed by atoms with van der Waals surface area (Å²) < 4.78 is 2.18. The molecule has 0 spiro atoms. The van der Waals surface area contributed by atoms with Crippen molar-refractivity contribution in [2.75, 3.05) is 26.2 Å². The van der Waals surface area contributed by atoms with Gasteiger partial charge in [-0.05, 0) is 6.92 Å². The Morgan fingerprint density at radius 3 is 3.00 bits per heavy atom. The molecule has 2 aromatic rings. The minimum absolute atomic E-state index is 1.07. The number of imidazole rings is 1. The molecule has 0 aliphatic carbocycles. The summed E-state index contributed by atoms with van der Waals surface area (Å²) in [6.45, 7) is 7.78. The van der Waals surface area contributed by atoms with Gasteiger partial charge in [-0.1, -0.05) is 11.3 Å². The van der Waals surface area contributed by atoms with Crippen molar-refractivity contribution in [3.8, 4) is 0 Å². The Morgan fingerprint density at radius 2 is 2.25 bits per heavy atom. The van der Waals surface area contributed by atoms with Crippen LogP contribution in [0.5, 0.6) is 0 Å². The van der Waals surface area contributed by atoms with Crippen LogP contribution in [0.2, 0.25) is 0 Å². The average Bonchev–Trinajstić information content (AvgIpc) is 2.86. The van der Waals surface area contributed by atoms with Gasteiger partial charge < -0.3 is 5.32 Å². The van der Waals surface area contributed by atoms with Gasteiger partial charge >= 0.3 is 0 Å². The highest BCUT2D eigenvalue weighted by Crippen LogP contribution is 2.23. The van der Waals surface area contributed by atoms with Crippen molar-refractivity contribution < 1.29 is 0 Å². The molecule has 4 nitrogen and oxygen atoms in total. The Labute approximate surface area is 98.9 Å². The second-order valence-electron chi connectivity index (χ2n) is 4.22. The van der Waals surface area contributed by atoms with Gasteiger partial charge in [-0.3, -0.25) is 9.30 Å². The summed E-state index contributed by atoms with van der Waals surface area (Å²) in [5, 5.41) is 3.38. The van der Waals surface area contributed by atoms with Crippen molar-refractivity contribution in [2.24, 2.45) is 0 Å². The first-order chi connectivity index (χ1) is 7.84. The second kappa shape index (κ2) is 4.16. The molecule has 1 aliphatic rings. The van der Waals surface area contributed by atoms with Crippen molar-refractivity contribution in [1.82, 2.24) is 19.6 Å². The summed E-state index contributed by atoms with van der Waals surface area (Å²) >= 11 is 1.81. The van der Waals surface area contributed by atoms with Gasteiger partial charge in [0.2, 0.25) is 0 Å². The third kappa shape index (κ3) is 1.75. The van der Waals surface area contributed by atoms with Gasteiger partial charge in [-0.15, -0.1) is 0 Å². The number of rotatable bonds is 2. The minimum atomic E-state index is 1.07. The van der Waals surface area contributed by atoms with Crippen LogP contribution in [0.15, 0.2) is 12.4 Å². The van der Waals surface area contributed by atoms with Crippen LogP contribution in [0.4, 0.5) is 0 Å². The van der Waals surface area contributed by atoms with E-state index in [-0.39, 0.29) is 0 Å². The van der Waals surface area contributed by atoms with Crippen molar-refractivity contribution in [1.29, 1.82) is 0 Å².